The van der Waals surface area contributed by atoms with Gasteiger partial charge in [0, 0.05) is 24.5 Å². The van der Waals surface area contributed by atoms with Crippen molar-refractivity contribution in [2.24, 2.45) is 0 Å². The second-order valence-electron chi connectivity index (χ2n) is 6.41. The van der Waals surface area contributed by atoms with Gasteiger partial charge in [0.15, 0.2) is 0 Å². The van der Waals surface area contributed by atoms with Gasteiger partial charge in [-0.05, 0) is 51.0 Å². The van der Waals surface area contributed by atoms with Crippen LogP contribution in [-0.2, 0) is 4.74 Å². The van der Waals surface area contributed by atoms with Crippen LogP contribution in [0.15, 0.2) is 18.2 Å². The fraction of sp³-hybridized carbons (Fsp3) is 0.611. The molecule has 0 spiro atoms. The summed E-state index contributed by atoms with van der Waals surface area (Å²) < 4.78 is 5.55. The van der Waals surface area contributed by atoms with Gasteiger partial charge >= 0.3 is 6.03 Å². The molecule has 128 valence electrons. The molecule has 5 heteroatoms. The van der Waals surface area contributed by atoms with Crippen LogP contribution < -0.4 is 10.6 Å². The van der Waals surface area contributed by atoms with Crippen molar-refractivity contribution >= 4 is 17.8 Å². The van der Waals surface area contributed by atoms with Crippen molar-refractivity contribution in [3.05, 3.63) is 34.9 Å². The zero-order chi connectivity index (χ0) is 16.9. The average Bonchev–Trinajstić information content (AvgIpc) is 2.56. The van der Waals surface area contributed by atoms with Crippen molar-refractivity contribution in [1.29, 1.82) is 0 Å². The number of nitrogens with one attached hydrogen (secondary N) is 2. The highest BCUT2D eigenvalue weighted by Gasteiger charge is 2.32. The molecular weight excluding hydrogens is 308 g/mol. The minimum absolute atomic E-state index is 0.00480. The van der Waals surface area contributed by atoms with Gasteiger partial charge in [0.1, 0.15) is 0 Å². The van der Waals surface area contributed by atoms with Crippen molar-refractivity contribution in [1.82, 2.24) is 10.6 Å². The molecule has 0 saturated carbocycles. The number of hydrogen-bond acceptors (Lipinski definition) is 3. The lowest BCUT2D eigenvalue weighted by Gasteiger charge is -2.35. The average molecular weight is 337 g/mol. The molecule has 0 aromatic heterocycles. The highest BCUT2D eigenvalue weighted by Crippen LogP contribution is 2.33. The van der Waals surface area contributed by atoms with E-state index in [-0.39, 0.29) is 16.8 Å². The summed E-state index contributed by atoms with van der Waals surface area (Å²) in [6, 6.07) is 6.24. The Bertz CT molecular complexity index is 542. The Labute approximate surface area is 143 Å². The number of urea groups is 1. The van der Waals surface area contributed by atoms with Gasteiger partial charge in [0.2, 0.25) is 0 Å². The summed E-state index contributed by atoms with van der Waals surface area (Å²) in [5.74, 6) is 0. The van der Waals surface area contributed by atoms with Gasteiger partial charge in [-0.15, -0.1) is 0 Å². The normalized spacial score (nSPS) is 18.3. The van der Waals surface area contributed by atoms with Crippen molar-refractivity contribution in [3.63, 3.8) is 0 Å². The first-order chi connectivity index (χ1) is 11.0. The lowest BCUT2D eigenvalue weighted by Crippen LogP contribution is -2.47. The molecule has 0 bridgehead atoms. The fourth-order valence-corrected chi connectivity index (χ4v) is 3.78. The third-order valence-corrected chi connectivity index (χ3v) is 6.08. The van der Waals surface area contributed by atoms with Crippen LogP contribution >= 0.6 is 11.8 Å². The number of aryl methyl sites for hydroxylation is 2. The van der Waals surface area contributed by atoms with Gasteiger partial charge in [-0.25, -0.2) is 4.79 Å². The molecule has 1 atom stereocenters. The van der Waals surface area contributed by atoms with E-state index in [1.165, 1.54) is 16.7 Å². The van der Waals surface area contributed by atoms with Crippen LogP contribution in [0.5, 0.6) is 0 Å². The molecule has 1 aliphatic heterocycles. The van der Waals surface area contributed by atoms with Gasteiger partial charge in [-0.3, -0.25) is 0 Å². The Morgan fingerprint density at radius 2 is 2.04 bits per heavy atom. The van der Waals surface area contributed by atoms with Crippen LogP contribution in [0.3, 0.4) is 0 Å². The van der Waals surface area contributed by atoms with Gasteiger partial charge in [-0.1, -0.05) is 23.8 Å². The van der Waals surface area contributed by atoms with Crippen LogP contribution in [0.4, 0.5) is 4.79 Å². The molecule has 1 unspecified atom stereocenters. The van der Waals surface area contributed by atoms with Crippen LogP contribution in [0.2, 0.25) is 0 Å². The molecule has 1 aromatic rings. The van der Waals surface area contributed by atoms with E-state index in [4.69, 9.17) is 4.74 Å². The lowest BCUT2D eigenvalue weighted by molar-refractivity contribution is 0.0777. The van der Waals surface area contributed by atoms with Crippen LogP contribution in [0.1, 0.15) is 42.5 Å². The Morgan fingerprint density at radius 3 is 2.70 bits per heavy atom. The number of ether oxygens (including phenoxy) is 1. The second kappa shape index (κ2) is 8.06. The van der Waals surface area contributed by atoms with Crippen LogP contribution in [0, 0.1) is 13.8 Å². The van der Waals surface area contributed by atoms with E-state index in [1.807, 2.05) is 18.7 Å². The first-order valence-electron chi connectivity index (χ1n) is 8.20. The number of amides is 2. The number of rotatable bonds is 5. The smallest absolute Gasteiger partial charge is 0.315 e. The Morgan fingerprint density at radius 1 is 1.35 bits per heavy atom. The minimum atomic E-state index is -0.0988. The van der Waals surface area contributed by atoms with Crippen molar-refractivity contribution in [2.75, 3.05) is 26.0 Å². The number of carbonyl (C=O) groups is 1. The standard InChI is InChI=1S/C18H28N2O2S/c1-13-5-6-14(2)16(11-13)15(3)20-17(21)19-12-18(23-4)7-9-22-10-8-18/h5-6,11,15H,7-10,12H2,1-4H3,(H2,19,20,21). The number of benzene rings is 1. The SMILES string of the molecule is CSC1(CNC(=O)NC(C)c2cc(C)ccc2C)CCOCC1. The largest absolute Gasteiger partial charge is 0.381 e. The molecule has 2 amide bonds. The summed E-state index contributed by atoms with van der Waals surface area (Å²) in [5.41, 5.74) is 3.59. The topological polar surface area (TPSA) is 50.4 Å². The Kier molecular flexibility index (Phi) is 6.36. The zero-order valence-corrected chi connectivity index (χ0v) is 15.4. The van der Waals surface area contributed by atoms with Gasteiger partial charge in [0.05, 0.1) is 6.04 Å². The lowest BCUT2D eigenvalue weighted by atomic mass is 9.99. The minimum Gasteiger partial charge on any atom is -0.381 e. The quantitative estimate of drug-likeness (QED) is 0.864. The van der Waals surface area contributed by atoms with E-state index in [1.54, 1.807) is 0 Å². The summed E-state index contributed by atoms with van der Waals surface area (Å²) in [4.78, 5) is 12.3. The first kappa shape index (κ1) is 18.1. The number of carbonyl (C=O) groups excluding carboxylic acids is 1. The second-order valence-corrected chi connectivity index (χ2v) is 7.68. The van der Waals surface area contributed by atoms with Crippen molar-refractivity contribution < 1.29 is 9.53 Å². The molecular formula is C18H28N2O2S. The monoisotopic (exact) mass is 336 g/mol. The van der Waals surface area contributed by atoms with E-state index in [0.717, 1.165) is 26.1 Å². The summed E-state index contributed by atoms with van der Waals surface area (Å²) in [7, 11) is 0. The molecule has 1 fully saturated rings. The van der Waals surface area contributed by atoms with Crippen LogP contribution in [0.25, 0.3) is 0 Å². The molecule has 1 heterocycles. The molecule has 0 radical (unpaired) electrons. The summed E-state index contributed by atoms with van der Waals surface area (Å²) in [5, 5.41) is 6.11. The van der Waals surface area contributed by atoms with E-state index < -0.39 is 0 Å². The molecule has 2 rings (SSSR count). The third kappa shape index (κ3) is 4.88. The fourth-order valence-electron chi connectivity index (χ4n) is 2.99. The molecule has 0 aliphatic carbocycles. The maximum atomic E-state index is 12.3. The summed E-state index contributed by atoms with van der Waals surface area (Å²) >= 11 is 1.83. The Hall–Kier alpha value is -1.20. The first-order valence-corrected chi connectivity index (χ1v) is 9.43. The van der Waals surface area contributed by atoms with Crippen molar-refractivity contribution in [2.45, 2.75) is 44.4 Å². The molecule has 1 saturated heterocycles. The maximum absolute atomic E-state index is 12.3. The van der Waals surface area contributed by atoms with E-state index in [9.17, 15) is 4.79 Å². The van der Waals surface area contributed by atoms with E-state index >= 15 is 0 Å². The predicted molar refractivity (Wildman–Crippen MR) is 97.2 cm³/mol. The number of thioether (sulfide) groups is 1. The van der Waals surface area contributed by atoms with E-state index in [0.29, 0.717) is 6.54 Å². The Balaban J connectivity index is 1.90. The third-order valence-electron chi connectivity index (χ3n) is 4.66. The molecule has 4 nitrogen and oxygen atoms in total. The predicted octanol–water partition coefficient (Wildman–Crippen LogP) is 3.58. The van der Waals surface area contributed by atoms with Gasteiger partial charge in [0.25, 0.3) is 0 Å². The summed E-state index contributed by atoms with van der Waals surface area (Å²) in [6.07, 6.45) is 4.09. The summed E-state index contributed by atoms with van der Waals surface area (Å²) in [6.45, 7) is 8.42. The maximum Gasteiger partial charge on any atom is 0.315 e. The highest BCUT2D eigenvalue weighted by molar-refractivity contribution is 8.00. The van der Waals surface area contributed by atoms with E-state index in [2.05, 4.69) is 48.9 Å². The van der Waals surface area contributed by atoms with Gasteiger partial charge in [-0.2, -0.15) is 11.8 Å². The van der Waals surface area contributed by atoms with Gasteiger partial charge < -0.3 is 15.4 Å². The molecule has 1 aliphatic rings. The highest BCUT2D eigenvalue weighted by atomic mass is 32.2. The molecule has 1 aromatic carbocycles. The van der Waals surface area contributed by atoms with Crippen molar-refractivity contribution in [3.8, 4) is 0 Å². The van der Waals surface area contributed by atoms with Crippen LogP contribution in [-0.4, -0.2) is 36.8 Å². The molecule has 2 N–H and O–H groups in total. The number of hydrogen-bond donors (Lipinski definition) is 2. The zero-order valence-electron chi connectivity index (χ0n) is 14.6. The molecule has 23 heavy (non-hydrogen) atoms.